The van der Waals surface area contributed by atoms with Crippen LogP contribution in [0.2, 0.25) is 0 Å². The molecule has 6 nitrogen and oxygen atoms in total. The molecule has 1 atom stereocenters. The fraction of sp³-hybridized carbons (Fsp3) is 0.138. The summed E-state index contributed by atoms with van der Waals surface area (Å²) in [5.74, 6) is -0.551. The van der Waals surface area contributed by atoms with Crippen LogP contribution in [-0.2, 0) is 13.5 Å². The second-order valence-electron chi connectivity index (χ2n) is 8.68. The summed E-state index contributed by atoms with van der Waals surface area (Å²) in [4.78, 5) is 16.7. The number of benzene rings is 3. The molecule has 7 heteroatoms. The number of aromatic nitrogens is 3. The third-order valence-electron chi connectivity index (χ3n) is 6.31. The number of Topliss-reactive ketones (excluding diaryl/α,β-unsaturated/α-hetero) is 1. The highest BCUT2D eigenvalue weighted by molar-refractivity contribution is 6.11. The first kappa shape index (κ1) is 23.2. The first-order chi connectivity index (χ1) is 17.5. The van der Waals surface area contributed by atoms with E-state index in [0.29, 0.717) is 46.1 Å². The lowest BCUT2D eigenvalue weighted by atomic mass is 9.96. The molecule has 36 heavy (non-hydrogen) atoms. The van der Waals surface area contributed by atoms with Gasteiger partial charge in [0.25, 0.3) is 0 Å². The Morgan fingerprint density at radius 2 is 1.92 bits per heavy atom. The van der Waals surface area contributed by atoms with Gasteiger partial charge >= 0.3 is 0 Å². The van der Waals surface area contributed by atoms with Gasteiger partial charge in [-0.1, -0.05) is 54.6 Å². The number of hydrogen-bond donors (Lipinski definition) is 2. The maximum Gasteiger partial charge on any atom is 0.186 e. The summed E-state index contributed by atoms with van der Waals surface area (Å²) in [6, 6.07) is 21.9. The fourth-order valence-corrected chi connectivity index (χ4v) is 4.42. The second kappa shape index (κ2) is 9.98. The minimum atomic E-state index is -0.593. The van der Waals surface area contributed by atoms with Gasteiger partial charge in [0.05, 0.1) is 29.4 Å². The summed E-state index contributed by atoms with van der Waals surface area (Å²) in [6.07, 6.45) is 5.64. The number of nitrogens with zero attached hydrogens (tertiary/aromatic N) is 3. The quantitative estimate of drug-likeness (QED) is 0.296. The van der Waals surface area contributed by atoms with E-state index in [4.69, 9.17) is 5.26 Å². The summed E-state index contributed by atoms with van der Waals surface area (Å²) in [5, 5.41) is 17.0. The molecule has 5 rings (SSSR count). The van der Waals surface area contributed by atoms with Gasteiger partial charge in [0.1, 0.15) is 0 Å². The van der Waals surface area contributed by atoms with Crippen LogP contribution in [0.15, 0.2) is 85.3 Å². The Hall–Kier alpha value is -4.54. The molecule has 0 unspecified atom stereocenters. The van der Waals surface area contributed by atoms with Crippen LogP contribution >= 0.6 is 0 Å². The summed E-state index contributed by atoms with van der Waals surface area (Å²) >= 11 is 0. The molecule has 0 fully saturated rings. The van der Waals surface area contributed by atoms with Crippen molar-refractivity contribution in [2.45, 2.75) is 12.5 Å². The average molecular weight is 478 g/mol. The molecule has 2 heterocycles. The number of fused-ring (bicyclic) bond motifs is 1. The molecule has 0 saturated carbocycles. The van der Waals surface area contributed by atoms with Crippen molar-refractivity contribution in [3.8, 4) is 17.2 Å². The molecule has 2 N–H and O–H groups in total. The van der Waals surface area contributed by atoms with E-state index in [9.17, 15) is 4.79 Å². The standard InChI is InChI=1S/C29H24FN5O/c1-35-18-22(16-34-35)23-11-12-24-25(17-33-28(24)26(23)30)29(36)27(21-5-3-2-4-6-21)32-14-13-19-7-9-20(15-31)10-8-19/h2-12,16-18,27,32-33H,13-14H2,1H3/t27-/m1/s1. The summed E-state index contributed by atoms with van der Waals surface area (Å²) < 4.78 is 17.0. The molecular weight excluding hydrogens is 453 g/mol. The van der Waals surface area contributed by atoms with Crippen LogP contribution in [0, 0.1) is 17.1 Å². The second-order valence-corrected chi connectivity index (χ2v) is 8.68. The third kappa shape index (κ3) is 4.54. The molecule has 0 amide bonds. The van der Waals surface area contributed by atoms with Gasteiger partial charge < -0.3 is 10.3 Å². The zero-order valence-electron chi connectivity index (χ0n) is 19.7. The Balaban J connectivity index is 1.42. The van der Waals surface area contributed by atoms with Gasteiger partial charge in [-0.2, -0.15) is 10.4 Å². The highest BCUT2D eigenvalue weighted by atomic mass is 19.1. The van der Waals surface area contributed by atoms with E-state index in [1.54, 1.807) is 54.6 Å². The van der Waals surface area contributed by atoms with Crippen LogP contribution in [0.1, 0.15) is 33.1 Å². The Morgan fingerprint density at radius 3 is 2.61 bits per heavy atom. The molecular formula is C29H24FN5O. The normalized spacial score (nSPS) is 11.9. The van der Waals surface area contributed by atoms with Crippen molar-refractivity contribution in [2.24, 2.45) is 7.05 Å². The maximum atomic E-state index is 15.4. The number of hydrogen-bond acceptors (Lipinski definition) is 4. The van der Waals surface area contributed by atoms with Crippen LogP contribution < -0.4 is 5.32 Å². The largest absolute Gasteiger partial charge is 0.358 e. The van der Waals surface area contributed by atoms with Gasteiger partial charge in [-0.25, -0.2) is 4.39 Å². The number of ketones is 1. The molecule has 0 saturated heterocycles. The number of carbonyl (C=O) groups is 1. The van der Waals surface area contributed by atoms with Crippen molar-refractivity contribution < 1.29 is 9.18 Å². The molecule has 0 aliphatic rings. The van der Waals surface area contributed by atoms with E-state index in [0.717, 1.165) is 11.1 Å². The van der Waals surface area contributed by atoms with Gasteiger partial charge in [0.15, 0.2) is 11.6 Å². The predicted molar refractivity (Wildman–Crippen MR) is 137 cm³/mol. The summed E-state index contributed by atoms with van der Waals surface area (Å²) in [7, 11) is 1.78. The zero-order chi connectivity index (χ0) is 25.1. The number of nitrogens with one attached hydrogen (secondary N) is 2. The number of aromatic amines is 1. The highest BCUT2D eigenvalue weighted by Crippen LogP contribution is 2.31. The van der Waals surface area contributed by atoms with Crippen LogP contribution in [-0.4, -0.2) is 27.1 Å². The smallest absolute Gasteiger partial charge is 0.186 e. The Bertz CT molecular complexity index is 1560. The van der Waals surface area contributed by atoms with E-state index >= 15 is 4.39 Å². The van der Waals surface area contributed by atoms with Crippen LogP contribution in [0.3, 0.4) is 0 Å². The number of halogens is 1. The number of H-pyrrole nitrogens is 1. The monoisotopic (exact) mass is 477 g/mol. The lowest BCUT2D eigenvalue weighted by molar-refractivity contribution is 0.0945. The Labute approximate surface area is 208 Å². The van der Waals surface area contributed by atoms with Crippen molar-refractivity contribution in [1.29, 1.82) is 5.26 Å². The first-order valence-electron chi connectivity index (χ1n) is 11.7. The summed E-state index contributed by atoms with van der Waals surface area (Å²) in [5.41, 5.74) is 4.34. The Morgan fingerprint density at radius 1 is 1.14 bits per heavy atom. The number of aryl methyl sites for hydroxylation is 1. The number of rotatable bonds is 8. The van der Waals surface area contributed by atoms with Crippen molar-refractivity contribution >= 4 is 16.7 Å². The van der Waals surface area contributed by atoms with Crippen molar-refractivity contribution in [1.82, 2.24) is 20.1 Å². The number of nitriles is 1. The average Bonchev–Trinajstić information content (AvgIpc) is 3.54. The fourth-order valence-electron chi connectivity index (χ4n) is 4.42. The van der Waals surface area contributed by atoms with Gasteiger partial charge in [0.2, 0.25) is 0 Å². The van der Waals surface area contributed by atoms with E-state index < -0.39 is 11.9 Å². The predicted octanol–water partition coefficient (Wildman–Crippen LogP) is 5.34. The highest BCUT2D eigenvalue weighted by Gasteiger charge is 2.25. The molecule has 178 valence electrons. The van der Waals surface area contributed by atoms with E-state index in [2.05, 4.69) is 21.5 Å². The van der Waals surface area contributed by atoms with Crippen molar-refractivity contribution in [3.63, 3.8) is 0 Å². The topological polar surface area (TPSA) is 86.5 Å². The molecule has 0 radical (unpaired) electrons. The molecule has 0 bridgehead atoms. The SMILES string of the molecule is Cn1cc(-c2ccc3c(C(=O)[C@H](NCCc4ccc(C#N)cc4)c4ccccc4)c[nH]c3c2F)cn1. The van der Waals surface area contributed by atoms with Crippen LogP contribution in [0.5, 0.6) is 0 Å². The molecule has 2 aromatic heterocycles. The first-order valence-corrected chi connectivity index (χ1v) is 11.7. The van der Waals surface area contributed by atoms with Crippen molar-refractivity contribution in [3.05, 3.63) is 113 Å². The Kier molecular flexibility index (Phi) is 6.44. The van der Waals surface area contributed by atoms with Gasteiger partial charge in [-0.05, 0) is 29.7 Å². The van der Waals surface area contributed by atoms with E-state index in [-0.39, 0.29) is 5.78 Å². The lowest BCUT2D eigenvalue weighted by Gasteiger charge is -2.18. The lowest BCUT2D eigenvalue weighted by Crippen LogP contribution is -2.30. The van der Waals surface area contributed by atoms with E-state index in [1.807, 2.05) is 42.5 Å². The van der Waals surface area contributed by atoms with Crippen molar-refractivity contribution in [2.75, 3.05) is 6.54 Å². The third-order valence-corrected chi connectivity index (χ3v) is 6.31. The van der Waals surface area contributed by atoms with Crippen LogP contribution in [0.25, 0.3) is 22.0 Å². The minimum absolute atomic E-state index is 0.138. The van der Waals surface area contributed by atoms with E-state index in [1.165, 1.54) is 0 Å². The number of carbonyl (C=O) groups excluding carboxylic acids is 1. The van der Waals surface area contributed by atoms with Crippen LogP contribution in [0.4, 0.5) is 4.39 Å². The van der Waals surface area contributed by atoms with Gasteiger partial charge in [0, 0.05) is 48.1 Å². The molecule has 3 aromatic carbocycles. The van der Waals surface area contributed by atoms with Gasteiger partial charge in [-0.3, -0.25) is 9.48 Å². The molecule has 5 aromatic rings. The zero-order valence-corrected chi connectivity index (χ0v) is 19.7. The molecule has 0 spiro atoms. The summed E-state index contributed by atoms with van der Waals surface area (Å²) in [6.45, 7) is 0.555. The molecule has 0 aliphatic carbocycles. The minimum Gasteiger partial charge on any atom is -0.358 e. The molecule has 0 aliphatic heterocycles. The van der Waals surface area contributed by atoms with Gasteiger partial charge in [-0.15, -0.1) is 0 Å². The maximum absolute atomic E-state index is 15.4.